The van der Waals surface area contributed by atoms with Crippen LogP contribution in [0.25, 0.3) is 29.2 Å². The number of aliphatic carboxylic acids is 2. The van der Waals surface area contributed by atoms with Crippen molar-refractivity contribution in [3.63, 3.8) is 0 Å². The van der Waals surface area contributed by atoms with E-state index in [1.165, 1.54) is 0 Å². The maximum Gasteiger partial charge on any atom is 0.303 e. The number of nitrogens with one attached hydrogen (secondary N) is 4. The molecule has 1 spiro atoms. The highest BCUT2D eigenvalue weighted by atomic mass is 32.2. The lowest BCUT2D eigenvalue weighted by Gasteiger charge is -2.12. The summed E-state index contributed by atoms with van der Waals surface area (Å²) in [5.74, 6) is -1.48. The van der Waals surface area contributed by atoms with Crippen molar-refractivity contribution in [2.24, 2.45) is 5.92 Å². The van der Waals surface area contributed by atoms with Crippen molar-refractivity contribution in [1.82, 2.24) is 20.3 Å². The van der Waals surface area contributed by atoms with Crippen molar-refractivity contribution in [2.75, 3.05) is 0 Å². The highest BCUT2D eigenvalue weighted by molar-refractivity contribution is 8.09. The van der Waals surface area contributed by atoms with Crippen molar-refractivity contribution in [3.05, 3.63) is 84.8 Å². The molecule has 0 aromatic carbocycles. The first-order chi connectivity index (χ1) is 20.8. The van der Waals surface area contributed by atoms with Gasteiger partial charge in [0.05, 0.1) is 4.75 Å². The largest absolute Gasteiger partial charge is 0.481 e. The highest BCUT2D eigenvalue weighted by Crippen LogP contribution is 2.66. The first kappa shape index (κ1) is 30.3. The van der Waals surface area contributed by atoms with E-state index in [1.807, 2.05) is 37.8 Å². The molecule has 3 aliphatic rings. The van der Waals surface area contributed by atoms with Gasteiger partial charge in [-0.2, -0.15) is 0 Å². The number of hydrogen-bond acceptors (Lipinski definition) is 5. The molecule has 2 fully saturated rings. The maximum absolute atomic E-state index is 11.6. The van der Waals surface area contributed by atoms with Crippen LogP contribution in [0.4, 0.5) is 0 Å². The monoisotopic (exact) mass is 630 g/mol. The van der Waals surface area contributed by atoms with E-state index in [9.17, 15) is 19.8 Å². The Hall–Kier alpha value is -3.76. The minimum absolute atomic E-state index is 0.00762. The molecular weight excluding hydrogens is 593 g/mol. The second-order valence-corrected chi connectivity index (χ2v) is 14.3. The van der Waals surface area contributed by atoms with Crippen molar-refractivity contribution in [3.8, 4) is 0 Å². The Morgan fingerprint density at radius 1 is 0.841 bits per heavy atom. The van der Waals surface area contributed by atoms with Crippen molar-refractivity contribution in [2.45, 2.75) is 70.3 Å². The smallest absolute Gasteiger partial charge is 0.303 e. The molecule has 2 saturated heterocycles. The average Bonchev–Trinajstić information content (AvgIpc) is 3.08. The Morgan fingerprint density at radius 2 is 1.43 bits per heavy atom. The second kappa shape index (κ2) is 11.0. The maximum atomic E-state index is 11.6. The van der Waals surface area contributed by atoms with Crippen LogP contribution in [0.5, 0.6) is 0 Å². The lowest BCUT2D eigenvalue weighted by atomic mass is 9.90. The Morgan fingerprint density at radius 3 is 2.05 bits per heavy atom. The molecule has 0 aliphatic carbocycles. The molecule has 6 heterocycles. The van der Waals surface area contributed by atoms with Gasteiger partial charge in [-0.25, -0.2) is 0 Å². The Kier molecular flexibility index (Phi) is 7.57. The SMILES string of the molecule is C=C(S)c1c2[nH]c(c1C)/C=C1\N/C(=C\c3[nH]c(c(CCC(=O)O)c3C)/C=c3\[nH]/c(c(C)c3CCC(=O)O)=C\2)C(C)[C@]12SC2C. The first-order valence-corrected chi connectivity index (χ1v) is 16.2. The molecule has 230 valence electrons. The summed E-state index contributed by atoms with van der Waals surface area (Å²) in [5, 5.41) is 24.9. The molecule has 10 heteroatoms. The Balaban J connectivity index is 1.68. The summed E-state index contributed by atoms with van der Waals surface area (Å²) in [6, 6.07) is 0. The Bertz CT molecular complexity index is 1940. The molecule has 0 saturated carbocycles. The summed E-state index contributed by atoms with van der Waals surface area (Å²) >= 11 is 6.63. The fraction of sp³-hybridized carbons (Fsp3) is 0.353. The van der Waals surface area contributed by atoms with Crippen LogP contribution in [0.2, 0.25) is 0 Å². The second-order valence-electron chi connectivity index (χ2n) is 12.1. The number of thiol groups is 1. The van der Waals surface area contributed by atoms with E-state index in [2.05, 4.69) is 72.4 Å². The number of H-pyrrole nitrogens is 3. The number of thioether (sulfide) groups is 1. The van der Waals surface area contributed by atoms with Crippen molar-refractivity contribution < 1.29 is 19.8 Å². The third-order valence-electron chi connectivity index (χ3n) is 9.58. The lowest BCUT2D eigenvalue weighted by Crippen LogP contribution is -2.20. The van der Waals surface area contributed by atoms with E-state index < -0.39 is 11.9 Å². The molecule has 3 aromatic heterocycles. The van der Waals surface area contributed by atoms with Gasteiger partial charge >= 0.3 is 11.9 Å². The zero-order valence-corrected chi connectivity index (χ0v) is 27.3. The van der Waals surface area contributed by atoms with Gasteiger partial charge in [-0.15, -0.1) is 24.4 Å². The van der Waals surface area contributed by atoms with Crippen LogP contribution in [0.15, 0.2) is 18.0 Å². The van der Waals surface area contributed by atoms with Crippen LogP contribution in [0, 0.1) is 26.7 Å². The van der Waals surface area contributed by atoms with E-state index in [0.29, 0.717) is 23.0 Å². The number of carboxylic acid groups (broad SMARTS) is 2. The summed E-state index contributed by atoms with van der Waals surface area (Å²) in [5.41, 5.74) is 11.7. The van der Waals surface area contributed by atoms with Gasteiger partial charge in [0.2, 0.25) is 0 Å². The summed E-state index contributed by atoms with van der Waals surface area (Å²) in [7, 11) is 0. The van der Waals surface area contributed by atoms with Crippen LogP contribution in [-0.4, -0.2) is 47.1 Å². The lowest BCUT2D eigenvalue weighted by molar-refractivity contribution is -0.138. The van der Waals surface area contributed by atoms with Crippen molar-refractivity contribution >= 4 is 65.5 Å². The van der Waals surface area contributed by atoms with Gasteiger partial charge < -0.3 is 30.5 Å². The number of fused-ring (bicyclic) bond motifs is 9. The molecule has 6 rings (SSSR count). The van der Waals surface area contributed by atoms with E-state index in [1.54, 1.807) is 0 Å². The molecule has 3 aliphatic heterocycles. The van der Waals surface area contributed by atoms with Gasteiger partial charge in [0.25, 0.3) is 0 Å². The van der Waals surface area contributed by atoms with Gasteiger partial charge in [-0.1, -0.05) is 20.4 Å². The number of aromatic nitrogens is 3. The molecule has 44 heavy (non-hydrogen) atoms. The zero-order valence-electron chi connectivity index (χ0n) is 25.6. The van der Waals surface area contributed by atoms with Crippen molar-refractivity contribution in [1.29, 1.82) is 0 Å². The third kappa shape index (κ3) is 4.98. The first-order valence-electron chi connectivity index (χ1n) is 14.9. The van der Waals surface area contributed by atoms with Crippen LogP contribution < -0.4 is 16.0 Å². The molecule has 6 N–H and O–H groups in total. The number of carbonyl (C=O) groups is 2. The molecule has 0 amide bonds. The van der Waals surface area contributed by atoms with E-state index in [-0.39, 0.29) is 23.5 Å². The summed E-state index contributed by atoms with van der Waals surface area (Å²) < 4.78 is -0.0511. The molecule has 8 nitrogen and oxygen atoms in total. The summed E-state index contributed by atoms with van der Waals surface area (Å²) in [6.45, 7) is 14.8. The van der Waals surface area contributed by atoms with Gasteiger partial charge in [0.15, 0.2) is 0 Å². The zero-order chi connectivity index (χ0) is 31.7. The quantitative estimate of drug-likeness (QED) is 0.145. The highest BCUT2D eigenvalue weighted by Gasteiger charge is 2.63. The van der Waals surface area contributed by atoms with E-state index in [4.69, 9.17) is 0 Å². The third-order valence-corrected chi connectivity index (χ3v) is 11.6. The van der Waals surface area contributed by atoms with Gasteiger partial charge in [-0.3, -0.25) is 9.59 Å². The minimum Gasteiger partial charge on any atom is -0.481 e. The number of hydrogen-bond donors (Lipinski definition) is 7. The number of aromatic amines is 3. The average molecular weight is 631 g/mol. The Labute approximate surface area is 265 Å². The van der Waals surface area contributed by atoms with E-state index in [0.717, 1.165) is 78.2 Å². The summed E-state index contributed by atoms with van der Waals surface area (Å²) in [6.07, 6.45) is 9.16. The topological polar surface area (TPSA) is 134 Å². The molecule has 3 aromatic rings. The fourth-order valence-corrected chi connectivity index (χ4v) is 8.69. The van der Waals surface area contributed by atoms with Crippen LogP contribution >= 0.6 is 24.4 Å². The number of carboxylic acids is 2. The predicted molar refractivity (Wildman–Crippen MR) is 181 cm³/mol. The fourth-order valence-electron chi connectivity index (χ4n) is 6.98. The minimum atomic E-state index is -0.865. The molecule has 2 unspecified atom stereocenters. The van der Waals surface area contributed by atoms with Crippen LogP contribution in [-0.2, 0) is 22.4 Å². The molecule has 0 radical (unpaired) electrons. The van der Waals surface area contributed by atoms with Gasteiger partial charge in [0, 0.05) is 79.3 Å². The van der Waals surface area contributed by atoms with Crippen LogP contribution in [0.3, 0.4) is 0 Å². The molecule has 8 bridgehead atoms. The van der Waals surface area contributed by atoms with E-state index >= 15 is 0 Å². The number of allylic oxidation sites excluding steroid dienone is 1. The standard InChI is InChI=1S/C34H38N4O4S2/c1-15-21(7-9-31(39)40)27-13-28-22(8-10-32(41)42)16(2)24(36-28)12-29-33(19(5)43)17(3)25(37-29)14-30-34(20(6)44-34)18(4)26(38-30)11-23(15)35-27/h11-14,18,20,35-38,43H,5,7-10H2,1-4,6H3,(H,39,40)(H,41,42)/b24-12-,26-11-,28-13-,30-14-/t18?,20?,34-/m1/s1. The summed E-state index contributed by atoms with van der Waals surface area (Å²) in [4.78, 5) is 34.7. The van der Waals surface area contributed by atoms with Crippen LogP contribution in [0.1, 0.15) is 82.8 Å². The molecular formula is C34H38N4O4S2. The van der Waals surface area contributed by atoms with Gasteiger partial charge in [0.1, 0.15) is 0 Å². The number of rotatable bonds is 7. The predicted octanol–water partition coefficient (Wildman–Crippen LogP) is 5.00. The van der Waals surface area contributed by atoms with Gasteiger partial charge in [-0.05, 0) is 85.7 Å². The molecule has 3 atom stereocenters. The normalized spacial score (nSPS) is 25.6.